The van der Waals surface area contributed by atoms with E-state index < -0.39 is 0 Å². The molecule has 1 aliphatic heterocycles. The van der Waals surface area contributed by atoms with Crippen LogP contribution in [0, 0.1) is 6.92 Å². The van der Waals surface area contributed by atoms with E-state index >= 15 is 0 Å². The van der Waals surface area contributed by atoms with E-state index in [9.17, 15) is 9.59 Å². The van der Waals surface area contributed by atoms with E-state index in [4.69, 9.17) is 10.2 Å². The quantitative estimate of drug-likeness (QED) is 0.295. The first-order valence-corrected chi connectivity index (χ1v) is 12.8. The molecule has 0 saturated heterocycles. The molecule has 35 heavy (non-hydrogen) atoms. The van der Waals surface area contributed by atoms with E-state index in [2.05, 4.69) is 50.0 Å². The summed E-state index contributed by atoms with van der Waals surface area (Å²) in [6.07, 6.45) is 9.03. The summed E-state index contributed by atoms with van der Waals surface area (Å²) in [5, 5.41) is 15.2. The van der Waals surface area contributed by atoms with Crippen molar-refractivity contribution in [2.24, 2.45) is 0 Å². The highest BCUT2D eigenvalue weighted by atomic mass is 16.2. The minimum absolute atomic E-state index is 0.0153. The average Bonchev–Trinajstić information content (AvgIpc) is 3.32. The van der Waals surface area contributed by atoms with Crippen LogP contribution in [0.4, 0.5) is 0 Å². The number of nitrogens with one attached hydrogen (secondary N) is 1. The molecule has 1 aromatic heterocycles. The predicted octanol–water partition coefficient (Wildman–Crippen LogP) is 4.91. The molecule has 2 heterocycles. The van der Waals surface area contributed by atoms with E-state index in [1.54, 1.807) is 0 Å². The van der Waals surface area contributed by atoms with Crippen LogP contribution in [0.15, 0.2) is 42.6 Å². The van der Waals surface area contributed by atoms with E-state index in [1.165, 1.54) is 18.4 Å². The normalized spacial score (nSPS) is 14.7. The van der Waals surface area contributed by atoms with Crippen molar-refractivity contribution >= 4 is 12.2 Å². The standard InChI is InChI=1S/C27H38N4O2.CH4O/c1-4-5-8-11-24-20-30(19-22(3)28-16-9-6-7-10-17-32)27(33)26-18-25(29-31(24)26)23-14-12-21(2)13-15-23;1-2/h12-15,17-18,24,28H,3-11,16,19-20H2,1-2H3;2H,1H3. The molecule has 2 aromatic rings. The largest absolute Gasteiger partial charge is 0.400 e. The molecule has 0 aliphatic carbocycles. The van der Waals surface area contributed by atoms with Gasteiger partial charge in [-0.3, -0.25) is 9.48 Å². The highest BCUT2D eigenvalue weighted by Crippen LogP contribution is 2.29. The van der Waals surface area contributed by atoms with Gasteiger partial charge in [-0.25, -0.2) is 0 Å². The molecule has 0 spiro atoms. The summed E-state index contributed by atoms with van der Waals surface area (Å²) in [4.78, 5) is 25.7. The van der Waals surface area contributed by atoms with E-state index in [-0.39, 0.29) is 11.9 Å². The number of aliphatic hydroxyl groups is 1. The van der Waals surface area contributed by atoms with E-state index in [1.807, 2.05) is 15.6 Å². The van der Waals surface area contributed by atoms with E-state index in [0.29, 0.717) is 25.2 Å². The molecule has 192 valence electrons. The first-order chi connectivity index (χ1) is 17.0. The monoisotopic (exact) mass is 482 g/mol. The van der Waals surface area contributed by atoms with Crippen LogP contribution in [0.5, 0.6) is 0 Å². The number of hydrogen-bond donors (Lipinski definition) is 2. The lowest BCUT2D eigenvalue weighted by atomic mass is 10.0. The molecule has 2 N–H and O–H groups in total. The molecule has 0 bridgehead atoms. The van der Waals surface area contributed by atoms with Crippen molar-refractivity contribution in [2.75, 3.05) is 26.7 Å². The third-order valence-corrected chi connectivity index (χ3v) is 6.26. The lowest BCUT2D eigenvalue weighted by Gasteiger charge is -2.34. The van der Waals surface area contributed by atoms with Crippen molar-refractivity contribution in [1.29, 1.82) is 0 Å². The SMILES string of the molecule is C=C(CN1CC(CCCCC)n2nc(-c3ccc(C)cc3)cc2C1=O)NCCCCCC=O.CO. The van der Waals surface area contributed by atoms with Gasteiger partial charge in [0, 0.05) is 37.9 Å². The van der Waals surface area contributed by atoms with Crippen molar-refractivity contribution in [3.63, 3.8) is 0 Å². The summed E-state index contributed by atoms with van der Waals surface area (Å²) >= 11 is 0. The van der Waals surface area contributed by atoms with Gasteiger partial charge in [-0.1, -0.05) is 69.0 Å². The molecule has 1 unspecified atom stereocenters. The lowest BCUT2D eigenvalue weighted by molar-refractivity contribution is -0.107. The highest BCUT2D eigenvalue weighted by molar-refractivity contribution is 5.94. The Bertz CT molecular complexity index is 936. The zero-order chi connectivity index (χ0) is 25.6. The topological polar surface area (TPSA) is 87.5 Å². The number of aryl methyl sites for hydroxylation is 1. The smallest absolute Gasteiger partial charge is 0.272 e. The number of carbonyl (C=O) groups is 2. The molecule has 1 amide bonds. The fourth-order valence-electron chi connectivity index (χ4n) is 4.34. The fraction of sp³-hybridized carbons (Fsp3) is 0.536. The fourth-order valence-corrected chi connectivity index (χ4v) is 4.34. The number of amides is 1. The Morgan fingerprint density at radius 1 is 1.17 bits per heavy atom. The number of rotatable bonds is 14. The molecule has 0 radical (unpaired) electrons. The number of benzene rings is 1. The number of unbranched alkanes of at least 4 members (excludes halogenated alkanes) is 5. The Morgan fingerprint density at radius 2 is 1.91 bits per heavy atom. The first-order valence-electron chi connectivity index (χ1n) is 12.8. The highest BCUT2D eigenvalue weighted by Gasteiger charge is 2.33. The van der Waals surface area contributed by atoms with Crippen LogP contribution in [0.3, 0.4) is 0 Å². The zero-order valence-electron chi connectivity index (χ0n) is 21.6. The number of hydrogen-bond acceptors (Lipinski definition) is 5. The van der Waals surface area contributed by atoms with Crippen molar-refractivity contribution in [3.8, 4) is 11.3 Å². The molecule has 3 rings (SSSR count). The molecule has 1 aliphatic rings. The minimum atomic E-state index is 0.0153. The van der Waals surface area contributed by atoms with Gasteiger partial charge in [-0.2, -0.15) is 5.10 Å². The summed E-state index contributed by atoms with van der Waals surface area (Å²) in [6.45, 7) is 10.4. The van der Waals surface area contributed by atoms with Crippen LogP contribution in [-0.4, -0.2) is 58.7 Å². The van der Waals surface area contributed by atoms with Crippen LogP contribution in [-0.2, 0) is 4.79 Å². The maximum Gasteiger partial charge on any atom is 0.272 e. The van der Waals surface area contributed by atoms with Gasteiger partial charge in [-0.15, -0.1) is 0 Å². The number of aromatic nitrogens is 2. The van der Waals surface area contributed by atoms with Gasteiger partial charge in [0.05, 0.1) is 18.3 Å². The molecule has 0 fully saturated rings. The number of nitrogens with zero attached hydrogens (tertiary/aromatic N) is 3. The van der Waals surface area contributed by atoms with Gasteiger partial charge in [-0.05, 0) is 32.3 Å². The Hall–Kier alpha value is -2.93. The summed E-state index contributed by atoms with van der Waals surface area (Å²) in [6, 6.07) is 10.4. The predicted molar refractivity (Wildman–Crippen MR) is 141 cm³/mol. The molecule has 1 aromatic carbocycles. The van der Waals surface area contributed by atoms with Crippen molar-refractivity contribution in [2.45, 2.75) is 71.3 Å². The van der Waals surface area contributed by atoms with Crippen molar-refractivity contribution < 1.29 is 14.7 Å². The molecule has 7 heteroatoms. The second-order valence-corrected chi connectivity index (χ2v) is 9.11. The molecule has 0 saturated carbocycles. The molecule has 7 nitrogen and oxygen atoms in total. The Morgan fingerprint density at radius 3 is 2.60 bits per heavy atom. The third kappa shape index (κ3) is 8.35. The van der Waals surface area contributed by atoms with Gasteiger partial charge in [0.15, 0.2) is 0 Å². The Kier molecular flexibility index (Phi) is 12.2. The average molecular weight is 483 g/mol. The van der Waals surface area contributed by atoms with Gasteiger partial charge >= 0.3 is 0 Å². The number of aldehydes is 1. The van der Waals surface area contributed by atoms with Crippen molar-refractivity contribution in [3.05, 3.63) is 53.9 Å². The van der Waals surface area contributed by atoms with Crippen LogP contribution >= 0.6 is 0 Å². The van der Waals surface area contributed by atoms with Gasteiger partial charge < -0.3 is 20.1 Å². The Labute approximate surface area is 210 Å². The van der Waals surface area contributed by atoms with Crippen LogP contribution in [0.1, 0.15) is 80.4 Å². The first kappa shape index (κ1) is 28.3. The third-order valence-electron chi connectivity index (χ3n) is 6.26. The van der Waals surface area contributed by atoms with Crippen LogP contribution in [0.25, 0.3) is 11.3 Å². The molecular weight excluding hydrogens is 440 g/mol. The van der Waals surface area contributed by atoms with Crippen LogP contribution < -0.4 is 5.32 Å². The number of carbonyl (C=O) groups excluding carboxylic acids is 2. The summed E-state index contributed by atoms with van der Waals surface area (Å²) in [7, 11) is 1.00. The van der Waals surface area contributed by atoms with Crippen LogP contribution in [0.2, 0.25) is 0 Å². The second-order valence-electron chi connectivity index (χ2n) is 9.11. The maximum absolute atomic E-state index is 13.3. The van der Waals surface area contributed by atoms with Gasteiger partial charge in [0.25, 0.3) is 5.91 Å². The van der Waals surface area contributed by atoms with Gasteiger partial charge in [0.1, 0.15) is 12.0 Å². The summed E-state index contributed by atoms with van der Waals surface area (Å²) < 4.78 is 1.97. The van der Waals surface area contributed by atoms with Gasteiger partial charge in [0.2, 0.25) is 0 Å². The minimum Gasteiger partial charge on any atom is -0.400 e. The zero-order valence-corrected chi connectivity index (χ0v) is 21.6. The summed E-state index contributed by atoms with van der Waals surface area (Å²) in [5.74, 6) is 0.0153. The lowest BCUT2D eigenvalue weighted by Crippen LogP contribution is -2.45. The molecule has 1 atom stereocenters. The maximum atomic E-state index is 13.3. The molecular formula is C28H42N4O3. The number of fused-ring (bicyclic) bond motifs is 1. The Balaban J connectivity index is 0.00000210. The van der Waals surface area contributed by atoms with Crippen molar-refractivity contribution in [1.82, 2.24) is 20.0 Å². The second kappa shape index (κ2) is 15.1. The summed E-state index contributed by atoms with van der Waals surface area (Å²) in [5.41, 5.74) is 4.62. The number of aliphatic hydroxyl groups excluding tert-OH is 1. The van der Waals surface area contributed by atoms with E-state index in [0.717, 1.165) is 69.0 Å².